The smallest absolute Gasteiger partial charge is 0.104 e. The van der Waals surface area contributed by atoms with Crippen LogP contribution in [0.25, 0.3) is 0 Å². The third kappa shape index (κ3) is 2.64. The molecule has 0 amide bonds. The molecule has 0 aliphatic heterocycles. The first-order chi connectivity index (χ1) is 9.78. The molecule has 0 radical (unpaired) electrons. The molecule has 3 rings (SSSR count). The van der Waals surface area contributed by atoms with Gasteiger partial charge in [-0.2, -0.15) is 0 Å². The molecule has 1 fully saturated rings. The Labute approximate surface area is 121 Å². The van der Waals surface area contributed by atoms with E-state index in [4.69, 9.17) is 0 Å². The molecular weight excluding hydrogens is 244 g/mol. The van der Waals surface area contributed by atoms with Gasteiger partial charge in [0.05, 0.1) is 0 Å². The fourth-order valence-electron chi connectivity index (χ4n) is 2.82. The van der Waals surface area contributed by atoms with Crippen LogP contribution in [-0.4, -0.2) is 5.11 Å². The lowest BCUT2D eigenvalue weighted by atomic mass is 9.80. The molecule has 1 unspecified atom stereocenters. The van der Waals surface area contributed by atoms with Crippen LogP contribution in [0.3, 0.4) is 0 Å². The quantitative estimate of drug-likeness (QED) is 0.857. The first kappa shape index (κ1) is 13.4. The maximum absolute atomic E-state index is 10.5. The van der Waals surface area contributed by atoms with E-state index in [1.54, 1.807) is 0 Å². The molecule has 2 aromatic carbocycles. The van der Waals surface area contributed by atoms with Crippen molar-refractivity contribution in [2.45, 2.75) is 44.6 Å². The highest BCUT2D eigenvalue weighted by atomic mass is 16.3. The van der Waals surface area contributed by atoms with Crippen LogP contribution in [0.4, 0.5) is 0 Å². The molecule has 1 N–H and O–H groups in total. The van der Waals surface area contributed by atoms with E-state index < -0.39 is 6.10 Å². The molecule has 1 heteroatoms. The fraction of sp³-hybridized carbons (Fsp3) is 0.368. The molecule has 1 saturated carbocycles. The van der Waals surface area contributed by atoms with Gasteiger partial charge >= 0.3 is 0 Å². The van der Waals surface area contributed by atoms with Crippen molar-refractivity contribution in [3.63, 3.8) is 0 Å². The van der Waals surface area contributed by atoms with E-state index in [2.05, 4.69) is 43.3 Å². The molecule has 1 aliphatic carbocycles. The first-order valence-corrected chi connectivity index (χ1v) is 7.64. The normalized spacial score (nSPS) is 16.7. The summed E-state index contributed by atoms with van der Waals surface area (Å²) in [5.41, 5.74) is 4.69. The Morgan fingerprint density at radius 3 is 1.95 bits per heavy atom. The van der Waals surface area contributed by atoms with Gasteiger partial charge in [0.25, 0.3) is 0 Å². The van der Waals surface area contributed by atoms with E-state index in [-0.39, 0.29) is 0 Å². The minimum absolute atomic E-state index is 0.517. The van der Waals surface area contributed by atoms with E-state index in [1.807, 2.05) is 12.1 Å². The predicted octanol–water partition coefficient (Wildman–Crippen LogP) is 4.60. The molecule has 0 saturated heterocycles. The van der Waals surface area contributed by atoms with Crippen LogP contribution in [-0.2, 0) is 6.42 Å². The van der Waals surface area contributed by atoms with Crippen molar-refractivity contribution < 1.29 is 5.11 Å². The molecule has 2 aromatic rings. The molecule has 0 aromatic heterocycles. The summed E-state index contributed by atoms with van der Waals surface area (Å²) in [6.45, 7) is 2.14. The number of benzene rings is 2. The van der Waals surface area contributed by atoms with Gasteiger partial charge in [-0.1, -0.05) is 61.9 Å². The van der Waals surface area contributed by atoms with Gasteiger partial charge in [0.15, 0.2) is 0 Å². The minimum Gasteiger partial charge on any atom is -0.384 e. The summed E-state index contributed by atoms with van der Waals surface area (Å²) in [7, 11) is 0. The molecule has 104 valence electrons. The zero-order valence-corrected chi connectivity index (χ0v) is 12.0. The highest BCUT2D eigenvalue weighted by molar-refractivity contribution is 5.34. The lowest BCUT2D eigenvalue weighted by Gasteiger charge is -2.26. The van der Waals surface area contributed by atoms with Crippen molar-refractivity contribution in [3.05, 3.63) is 70.8 Å². The average Bonchev–Trinajstić information content (AvgIpc) is 2.46. The van der Waals surface area contributed by atoms with E-state index in [1.165, 1.54) is 30.4 Å². The highest BCUT2D eigenvalue weighted by Crippen LogP contribution is 2.36. The summed E-state index contributed by atoms with van der Waals surface area (Å²) >= 11 is 0. The summed E-state index contributed by atoms with van der Waals surface area (Å²) in [6, 6.07) is 16.8. The predicted molar refractivity (Wildman–Crippen MR) is 82.9 cm³/mol. The van der Waals surface area contributed by atoms with Gasteiger partial charge in [0, 0.05) is 0 Å². The molecule has 20 heavy (non-hydrogen) atoms. The van der Waals surface area contributed by atoms with Gasteiger partial charge in [0.1, 0.15) is 6.10 Å². The second-order valence-electron chi connectivity index (χ2n) is 5.79. The zero-order valence-electron chi connectivity index (χ0n) is 12.0. The average molecular weight is 266 g/mol. The van der Waals surface area contributed by atoms with Crippen molar-refractivity contribution in [2.24, 2.45) is 0 Å². The summed E-state index contributed by atoms with van der Waals surface area (Å²) in [6.07, 6.45) is 4.52. The Morgan fingerprint density at radius 2 is 1.50 bits per heavy atom. The Morgan fingerprint density at radius 1 is 0.950 bits per heavy atom. The Hall–Kier alpha value is -1.60. The monoisotopic (exact) mass is 266 g/mol. The second kappa shape index (κ2) is 5.80. The maximum Gasteiger partial charge on any atom is 0.104 e. The Balaban J connectivity index is 1.76. The van der Waals surface area contributed by atoms with Crippen LogP contribution in [0.15, 0.2) is 48.5 Å². The van der Waals surface area contributed by atoms with Crippen molar-refractivity contribution in [1.82, 2.24) is 0 Å². The van der Waals surface area contributed by atoms with Gasteiger partial charge in [-0.05, 0) is 47.4 Å². The SMILES string of the molecule is CCc1ccc(C(O)c2ccc(C3CCC3)cc2)cc1. The Kier molecular flexibility index (Phi) is 3.88. The van der Waals surface area contributed by atoms with Crippen LogP contribution in [0.1, 0.15) is 60.5 Å². The van der Waals surface area contributed by atoms with Crippen molar-refractivity contribution in [3.8, 4) is 0 Å². The number of aliphatic hydroxyl groups is 1. The first-order valence-electron chi connectivity index (χ1n) is 7.64. The van der Waals surface area contributed by atoms with Gasteiger partial charge in [-0.3, -0.25) is 0 Å². The second-order valence-corrected chi connectivity index (χ2v) is 5.79. The van der Waals surface area contributed by atoms with Crippen molar-refractivity contribution in [2.75, 3.05) is 0 Å². The molecule has 1 aliphatic rings. The topological polar surface area (TPSA) is 20.2 Å². The lowest BCUT2D eigenvalue weighted by molar-refractivity contribution is 0.220. The van der Waals surface area contributed by atoms with Crippen LogP contribution in [0.2, 0.25) is 0 Å². The lowest BCUT2D eigenvalue weighted by Crippen LogP contribution is -2.09. The largest absolute Gasteiger partial charge is 0.384 e. The molecule has 1 nitrogen and oxygen atoms in total. The third-order valence-electron chi connectivity index (χ3n) is 4.53. The molecule has 0 spiro atoms. The number of aliphatic hydroxyl groups excluding tert-OH is 1. The Bertz CT molecular complexity index is 549. The van der Waals surface area contributed by atoms with Crippen LogP contribution < -0.4 is 0 Å². The van der Waals surface area contributed by atoms with Crippen molar-refractivity contribution >= 4 is 0 Å². The summed E-state index contributed by atoms with van der Waals surface area (Å²) in [5, 5.41) is 10.5. The standard InChI is InChI=1S/C19H22O/c1-2-14-6-8-17(9-7-14)19(20)18-12-10-16(11-13-18)15-4-3-5-15/h6-13,15,19-20H,2-5H2,1H3. The number of rotatable bonds is 4. The van der Waals surface area contributed by atoms with Crippen molar-refractivity contribution in [1.29, 1.82) is 0 Å². The zero-order chi connectivity index (χ0) is 13.9. The summed E-state index contributed by atoms with van der Waals surface area (Å²) in [5.74, 6) is 0.755. The fourth-order valence-corrected chi connectivity index (χ4v) is 2.82. The molecular formula is C19H22O. The van der Waals surface area contributed by atoms with Crippen LogP contribution in [0.5, 0.6) is 0 Å². The number of aryl methyl sites for hydroxylation is 1. The van der Waals surface area contributed by atoms with E-state index in [9.17, 15) is 5.11 Å². The van der Waals surface area contributed by atoms with E-state index >= 15 is 0 Å². The highest BCUT2D eigenvalue weighted by Gasteiger charge is 2.19. The minimum atomic E-state index is -0.517. The van der Waals surface area contributed by atoms with Gasteiger partial charge < -0.3 is 5.11 Å². The maximum atomic E-state index is 10.5. The number of hydrogen-bond donors (Lipinski definition) is 1. The van der Waals surface area contributed by atoms with Crippen LogP contribution >= 0.6 is 0 Å². The van der Waals surface area contributed by atoms with Gasteiger partial charge in [0.2, 0.25) is 0 Å². The van der Waals surface area contributed by atoms with E-state index in [0.717, 1.165) is 23.5 Å². The summed E-state index contributed by atoms with van der Waals surface area (Å²) in [4.78, 5) is 0. The molecule has 1 atom stereocenters. The summed E-state index contributed by atoms with van der Waals surface area (Å²) < 4.78 is 0. The molecule has 0 bridgehead atoms. The molecule has 0 heterocycles. The van der Waals surface area contributed by atoms with Gasteiger partial charge in [-0.15, -0.1) is 0 Å². The van der Waals surface area contributed by atoms with Crippen LogP contribution in [0, 0.1) is 0 Å². The van der Waals surface area contributed by atoms with Gasteiger partial charge in [-0.25, -0.2) is 0 Å². The number of hydrogen-bond acceptors (Lipinski definition) is 1. The third-order valence-corrected chi connectivity index (χ3v) is 4.53. The van der Waals surface area contributed by atoms with E-state index in [0.29, 0.717) is 0 Å².